The van der Waals surface area contributed by atoms with E-state index in [0.717, 1.165) is 6.42 Å². The second kappa shape index (κ2) is 13.6. The van der Waals surface area contributed by atoms with Gasteiger partial charge in [-0.1, -0.05) is 0 Å². The molecule has 1 rings (SSSR count). The number of hydrogen-bond acceptors (Lipinski definition) is 3. The minimum absolute atomic E-state index is 0.0978. The van der Waals surface area contributed by atoms with Crippen LogP contribution in [0.15, 0.2) is 30.3 Å². The van der Waals surface area contributed by atoms with Crippen molar-refractivity contribution in [1.29, 1.82) is 0 Å². The van der Waals surface area contributed by atoms with Crippen LogP contribution >= 0.6 is 0 Å². The Bertz CT molecular complexity index is 470. The van der Waals surface area contributed by atoms with Gasteiger partial charge in [-0.2, -0.15) is 0 Å². The number of unbranched alkanes of at least 4 members (excludes halogenated alkanes) is 3. The van der Waals surface area contributed by atoms with E-state index in [1.165, 1.54) is 64.5 Å². The van der Waals surface area contributed by atoms with Gasteiger partial charge in [0.15, 0.2) is 0 Å². The van der Waals surface area contributed by atoms with E-state index < -0.39 is 18.7 Å². The molecule has 26 heavy (non-hydrogen) atoms. The van der Waals surface area contributed by atoms with Crippen molar-refractivity contribution in [3.8, 4) is 0 Å². The zero-order chi connectivity index (χ0) is 19.3. The Hall–Kier alpha value is -0.551. The minimum atomic E-state index is -2.60. The first kappa shape index (κ1) is 23.5. The molecule has 1 N–H and O–H groups in total. The average molecular weight is 468 g/mol. The number of hydrogen-bond donors (Lipinski definition) is 1. The van der Waals surface area contributed by atoms with Crippen molar-refractivity contribution in [2.75, 3.05) is 7.11 Å². The van der Waals surface area contributed by atoms with Crippen molar-refractivity contribution >= 4 is 24.6 Å². The van der Waals surface area contributed by atoms with E-state index in [4.69, 9.17) is 4.74 Å². The second-order valence-corrected chi connectivity index (χ2v) is 19.9. The van der Waals surface area contributed by atoms with E-state index in [0.29, 0.717) is 0 Å². The van der Waals surface area contributed by atoms with Gasteiger partial charge in [0.25, 0.3) is 0 Å². The molecule has 1 aromatic rings. The van der Waals surface area contributed by atoms with E-state index in [1.54, 1.807) is 0 Å². The summed E-state index contributed by atoms with van der Waals surface area (Å²) in [6, 6.07) is 10.1. The zero-order valence-corrected chi connectivity index (χ0v) is 20.2. The van der Waals surface area contributed by atoms with Gasteiger partial charge in [0.1, 0.15) is 0 Å². The van der Waals surface area contributed by atoms with Crippen LogP contribution in [0.25, 0.3) is 0 Å². The molecular weight excluding hydrogens is 429 g/mol. The number of esters is 1. The monoisotopic (exact) mass is 469 g/mol. The van der Waals surface area contributed by atoms with E-state index >= 15 is 0 Å². The first-order chi connectivity index (χ1) is 12.6. The molecule has 0 saturated carbocycles. The third-order valence-electron chi connectivity index (χ3n) is 5.28. The normalized spacial score (nSPS) is 12.8. The van der Waals surface area contributed by atoms with Crippen molar-refractivity contribution in [3.63, 3.8) is 0 Å². The Labute approximate surface area is 165 Å². The first-order valence-corrected chi connectivity index (χ1v) is 18.0. The van der Waals surface area contributed by atoms with Gasteiger partial charge < -0.3 is 0 Å². The van der Waals surface area contributed by atoms with Crippen LogP contribution in [0.4, 0.5) is 0 Å². The quantitative estimate of drug-likeness (QED) is 0.281. The van der Waals surface area contributed by atoms with E-state index in [2.05, 4.69) is 36.4 Å². The molecule has 0 aromatic heterocycles. The molecule has 148 valence electrons. The van der Waals surface area contributed by atoms with Crippen LogP contribution in [-0.4, -0.2) is 37.8 Å². The van der Waals surface area contributed by atoms with Crippen molar-refractivity contribution in [2.24, 2.45) is 0 Å². The Kier molecular flexibility index (Phi) is 12.3. The third kappa shape index (κ3) is 8.43. The van der Waals surface area contributed by atoms with E-state index in [-0.39, 0.29) is 12.0 Å². The zero-order valence-electron chi connectivity index (χ0n) is 17.4. The molecule has 1 atom stereocenters. The molecule has 1 aromatic carbocycles. The number of ether oxygens (including phenoxy) is 1. The molecule has 0 fully saturated rings. The van der Waals surface area contributed by atoms with Gasteiger partial charge in [0, 0.05) is 0 Å². The Balaban J connectivity index is 3.02. The number of carbonyl (C=O) groups excluding carboxylic acids is 1. The van der Waals surface area contributed by atoms with Crippen LogP contribution in [0.3, 0.4) is 0 Å². The Morgan fingerprint density at radius 2 is 1.46 bits per heavy atom. The second-order valence-electron chi connectivity index (χ2n) is 7.50. The standard InChI is InChI=1S/C10H12NO2.3C4H9.Sn/c1-13-10(12)9(11)7-8-5-3-2-4-6-8;3*1-3-4-2;/h2-6,9,11H,7H2,1H3;3*1,3-4H2,2H3;/q-1;;;;+1/t9-;;;;/m0..../s1. The predicted octanol–water partition coefficient (Wildman–Crippen LogP) is 5.71. The van der Waals surface area contributed by atoms with Gasteiger partial charge in [-0.25, -0.2) is 0 Å². The van der Waals surface area contributed by atoms with Crippen LogP contribution in [0.2, 0.25) is 13.3 Å². The molecule has 0 unspecified atom stereocenters. The van der Waals surface area contributed by atoms with E-state index in [9.17, 15) is 4.79 Å². The van der Waals surface area contributed by atoms with Crippen LogP contribution in [-0.2, 0) is 16.0 Å². The summed E-state index contributed by atoms with van der Waals surface area (Å²) in [6.45, 7) is 6.83. The van der Waals surface area contributed by atoms with Crippen LogP contribution in [0.5, 0.6) is 0 Å². The number of rotatable bonds is 14. The molecule has 0 aliphatic heterocycles. The molecule has 0 bridgehead atoms. The molecule has 4 heteroatoms. The van der Waals surface area contributed by atoms with Crippen LogP contribution in [0, 0.1) is 0 Å². The molecular formula is C22H39NO2Sn. The maximum absolute atomic E-state index is 12.6. The van der Waals surface area contributed by atoms with Gasteiger partial charge >= 0.3 is 166 Å². The third-order valence-corrected chi connectivity index (χ3v) is 19.2. The van der Waals surface area contributed by atoms with Gasteiger partial charge in [-0.3, -0.25) is 0 Å². The SMILES string of the molecule is CCC[CH2][Sn]([CH2]CCC)([CH2]CCC)[NH][C@@H](Cc1ccccc1)C(=O)OC. The van der Waals surface area contributed by atoms with E-state index in [1.807, 2.05) is 18.2 Å². The van der Waals surface area contributed by atoms with Crippen LogP contribution in [0.1, 0.15) is 64.9 Å². The van der Waals surface area contributed by atoms with Crippen molar-refractivity contribution in [2.45, 2.75) is 85.1 Å². The van der Waals surface area contributed by atoms with Crippen molar-refractivity contribution < 1.29 is 9.53 Å². The summed E-state index contributed by atoms with van der Waals surface area (Å²) >= 11 is -2.60. The van der Waals surface area contributed by atoms with Crippen molar-refractivity contribution in [3.05, 3.63) is 35.9 Å². The van der Waals surface area contributed by atoms with Gasteiger partial charge in [-0.05, 0) is 0 Å². The first-order valence-electron chi connectivity index (χ1n) is 10.5. The number of nitrogens with one attached hydrogen (secondary N) is 1. The average Bonchev–Trinajstić information content (AvgIpc) is 2.68. The summed E-state index contributed by atoms with van der Waals surface area (Å²) in [7, 11) is 1.52. The molecule has 0 radical (unpaired) electrons. The molecule has 0 heterocycles. The number of methoxy groups -OCH3 is 1. The fourth-order valence-corrected chi connectivity index (χ4v) is 18.6. The topological polar surface area (TPSA) is 38.3 Å². The summed E-state index contributed by atoms with van der Waals surface area (Å²) in [5, 5.41) is 0. The Morgan fingerprint density at radius 1 is 0.962 bits per heavy atom. The fraction of sp³-hybridized carbons (Fsp3) is 0.682. The molecule has 0 spiro atoms. The maximum atomic E-state index is 12.6. The predicted molar refractivity (Wildman–Crippen MR) is 114 cm³/mol. The molecule has 3 nitrogen and oxygen atoms in total. The Morgan fingerprint density at radius 3 is 1.88 bits per heavy atom. The van der Waals surface area contributed by atoms with Gasteiger partial charge in [-0.15, -0.1) is 0 Å². The number of carbonyl (C=O) groups is 1. The summed E-state index contributed by atoms with van der Waals surface area (Å²) in [4.78, 5) is 12.6. The molecule has 0 saturated heterocycles. The fourth-order valence-electron chi connectivity index (χ4n) is 3.69. The summed E-state index contributed by atoms with van der Waals surface area (Å²) in [5.41, 5.74) is 1.21. The summed E-state index contributed by atoms with van der Waals surface area (Å²) in [6.07, 6.45) is 8.30. The summed E-state index contributed by atoms with van der Waals surface area (Å²) in [5.74, 6) is -0.0978. The molecule has 0 aliphatic rings. The number of benzene rings is 1. The summed E-state index contributed by atoms with van der Waals surface area (Å²) < 4.78 is 13.2. The molecule has 0 aliphatic carbocycles. The van der Waals surface area contributed by atoms with Crippen molar-refractivity contribution in [1.82, 2.24) is 3.54 Å². The van der Waals surface area contributed by atoms with Gasteiger partial charge in [0.2, 0.25) is 0 Å². The van der Waals surface area contributed by atoms with Gasteiger partial charge in [0.05, 0.1) is 0 Å². The molecule has 0 amide bonds. The van der Waals surface area contributed by atoms with Crippen LogP contribution < -0.4 is 3.54 Å².